The minimum Gasteiger partial charge on any atom is -0.444 e. The Balaban J connectivity index is 2.86. The van der Waals surface area contributed by atoms with Crippen LogP contribution in [0, 0.1) is 10.1 Å². The summed E-state index contributed by atoms with van der Waals surface area (Å²) in [5.74, 6) is 0. The Morgan fingerprint density at radius 3 is 2.30 bits per heavy atom. The normalized spacial score (nSPS) is 13.1. The van der Waals surface area contributed by atoms with Crippen molar-refractivity contribution >= 4 is 21.9 Å². The summed E-state index contributed by atoms with van der Waals surface area (Å²) < 4.78 is 32.0. The highest BCUT2D eigenvalue weighted by Gasteiger charge is 2.25. The number of aliphatic hydroxyl groups is 1. The van der Waals surface area contributed by atoms with Crippen molar-refractivity contribution in [2.45, 2.75) is 32.5 Å². The molecular formula is C16H24N2O8S. The molecule has 152 valence electrons. The standard InChI is InChI=1S/C16H24N2O8S/c1-16(2,3)26-15(20)17(9-10-25-27(4,23)24)11-14(19)12-5-7-13(8-6-12)18(21)22/h5-8,14,19H,9-11H2,1-4H3. The summed E-state index contributed by atoms with van der Waals surface area (Å²) in [5.41, 5.74) is -0.555. The Morgan fingerprint density at radius 2 is 1.85 bits per heavy atom. The second-order valence-corrected chi connectivity index (χ2v) is 8.46. The summed E-state index contributed by atoms with van der Waals surface area (Å²) in [6.45, 7) is 4.37. The molecule has 0 aliphatic rings. The van der Waals surface area contributed by atoms with Gasteiger partial charge in [0, 0.05) is 18.7 Å². The number of amides is 1. The minimum absolute atomic E-state index is 0.128. The van der Waals surface area contributed by atoms with Gasteiger partial charge in [-0.05, 0) is 38.5 Å². The van der Waals surface area contributed by atoms with Crippen LogP contribution in [0.25, 0.3) is 0 Å². The van der Waals surface area contributed by atoms with E-state index < -0.39 is 32.8 Å². The van der Waals surface area contributed by atoms with Crippen molar-refractivity contribution in [1.82, 2.24) is 4.90 Å². The van der Waals surface area contributed by atoms with Gasteiger partial charge in [-0.1, -0.05) is 0 Å². The molecule has 1 atom stereocenters. The second kappa shape index (κ2) is 9.11. The second-order valence-electron chi connectivity index (χ2n) is 6.82. The Morgan fingerprint density at radius 1 is 1.30 bits per heavy atom. The van der Waals surface area contributed by atoms with E-state index >= 15 is 0 Å². The number of carbonyl (C=O) groups is 1. The highest BCUT2D eigenvalue weighted by Crippen LogP contribution is 2.20. The summed E-state index contributed by atoms with van der Waals surface area (Å²) in [5, 5.41) is 21.0. The fourth-order valence-electron chi connectivity index (χ4n) is 2.01. The first-order chi connectivity index (χ1) is 12.3. The average Bonchev–Trinajstić information content (AvgIpc) is 2.51. The van der Waals surface area contributed by atoms with E-state index in [2.05, 4.69) is 4.18 Å². The molecule has 0 saturated carbocycles. The number of nitro benzene ring substituents is 1. The molecule has 0 aliphatic carbocycles. The van der Waals surface area contributed by atoms with E-state index in [9.17, 15) is 28.4 Å². The maximum atomic E-state index is 12.3. The first-order valence-electron chi connectivity index (χ1n) is 8.03. The van der Waals surface area contributed by atoms with Gasteiger partial charge >= 0.3 is 6.09 Å². The van der Waals surface area contributed by atoms with Crippen LogP contribution in [0.1, 0.15) is 32.4 Å². The molecule has 10 nitrogen and oxygen atoms in total. The number of benzene rings is 1. The fraction of sp³-hybridized carbons (Fsp3) is 0.562. The lowest BCUT2D eigenvalue weighted by Crippen LogP contribution is -2.41. The number of aliphatic hydroxyl groups excluding tert-OH is 1. The largest absolute Gasteiger partial charge is 0.444 e. The molecule has 1 aromatic rings. The molecule has 27 heavy (non-hydrogen) atoms. The van der Waals surface area contributed by atoms with Crippen molar-refractivity contribution in [3.8, 4) is 0 Å². The van der Waals surface area contributed by atoms with Crippen molar-refractivity contribution in [1.29, 1.82) is 0 Å². The molecule has 0 spiro atoms. The van der Waals surface area contributed by atoms with Crippen LogP contribution in [-0.2, 0) is 19.0 Å². The van der Waals surface area contributed by atoms with Gasteiger partial charge < -0.3 is 14.7 Å². The van der Waals surface area contributed by atoms with E-state index in [1.807, 2.05) is 0 Å². The lowest BCUT2D eigenvalue weighted by atomic mass is 10.1. The molecule has 0 heterocycles. The molecule has 0 aromatic heterocycles. The topological polar surface area (TPSA) is 136 Å². The van der Waals surface area contributed by atoms with Gasteiger partial charge in [0.15, 0.2) is 0 Å². The number of hydrogen-bond acceptors (Lipinski definition) is 8. The monoisotopic (exact) mass is 404 g/mol. The van der Waals surface area contributed by atoms with Crippen LogP contribution >= 0.6 is 0 Å². The Bertz CT molecular complexity index is 756. The molecule has 1 amide bonds. The zero-order valence-electron chi connectivity index (χ0n) is 15.6. The molecule has 0 aliphatic heterocycles. The minimum atomic E-state index is -3.68. The number of non-ortho nitro benzene ring substituents is 1. The molecule has 1 aromatic carbocycles. The van der Waals surface area contributed by atoms with Crippen LogP contribution < -0.4 is 0 Å². The number of carbonyl (C=O) groups excluding carboxylic acids is 1. The van der Waals surface area contributed by atoms with Crippen LogP contribution in [0.15, 0.2) is 24.3 Å². The van der Waals surface area contributed by atoms with Crippen LogP contribution in [0.4, 0.5) is 10.5 Å². The van der Waals surface area contributed by atoms with Crippen LogP contribution in [0.3, 0.4) is 0 Å². The van der Waals surface area contributed by atoms with E-state index in [1.54, 1.807) is 20.8 Å². The van der Waals surface area contributed by atoms with Gasteiger partial charge in [0.25, 0.3) is 15.8 Å². The van der Waals surface area contributed by atoms with E-state index in [0.717, 1.165) is 11.2 Å². The Kier molecular flexibility index (Phi) is 7.69. The van der Waals surface area contributed by atoms with Gasteiger partial charge in [0.2, 0.25) is 0 Å². The maximum Gasteiger partial charge on any atom is 0.410 e. The van der Waals surface area contributed by atoms with Gasteiger partial charge in [-0.2, -0.15) is 8.42 Å². The molecule has 0 fully saturated rings. The van der Waals surface area contributed by atoms with E-state index in [4.69, 9.17) is 4.74 Å². The van der Waals surface area contributed by atoms with E-state index in [-0.39, 0.29) is 25.4 Å². The molecule has 0 bridgehead atoms. The highest BCUT2D eigenvalue weighted by molar-refractivity contribution is 7.85. The van der Waals surface area contributed by atoms with Crippen LogP contribution in [0.2, 0.25) is 0 Å². The summed E-state index contributed by atoms with van der Waals surface area (Å²) in [6.07, 6.45) is -1.02. The molecular weight excluding hydrogens is 380 g/mol. The third-order valence-corrected chi connectivity index (χ3v) is 3.79. The average molecular weight is 404 g/mol. The summed E-state index contributed by atoms with van der Waals surface area (Å²) >= 11 is 0. The Hall–Kier alpha value is -2.24. The number of ether oxygens (including phenoxy) is 1. The zero-order chi connectivity index (χ0) is 20.8. The first kappa shape index (κ1) is 22.8. The molecule has 1 unspecified atom stereocenters. The van der Waals surface area contributed by atoms with Crippen molar-refractivity contribution in [2.24, 2.45) is 0 Å². The molecule has 11 heteroatoms. The lowest BCUT2D eigenvalue weighted by molar-refractivity contribution is -0.384. The summed E-state index contributed by atoms with van der Waals surface area (Å²) in [7, 11) is -3.68. The van der Waals surface area contributed by atoms with Gasteiger partial charge in [0.05, 0.1) is 30.4 Å². The predicted molar refractivity (Wildman–Crippen MR) is 96.7 cm³/mol. The van der Waals surface area contributed by atoms with Crippen molar-refractivity contribution in [3.63, 3.8) is 0 Å². The third kappa shape index (κ3) is 8.80. The van der Waals surface area contributed by atoms with Gasteiger partial charge in [-0.25, -0.2) is 4.79 Å². The summed E-state index contributed by atoms with van der Waals surface area (Å²) in [4.78, 5) is 23.6. The molecule has 0 saturated heterocycles. The molecule has 1 rings (SSSR count). The number of hydrogen-bond donors (Lipinski definition) is 1. The third-order valence-electron chi connectivity index (χ3n) is 3.19. The predicted octanol–water partition coefficient (Wildman–Crippen LogP) is 1.84. The smallest absolute Gasteiger partial charge is 0.410 e. The summed E-state index contributed by atoms with van der Waals surface area (Å²) in [6, 6.07) is 5.23. The van der Waals surface area contributed by atoms with Crippen LogP contribution in [0.5, 0.6) is 0 Å². The van der Waals surface area contributed by atoms with Crippen molar-refractivity contribution in [3.05, 3.63) is 39.9 Å². The SMILES string of the molecule is CC(C)(C)OC(=O)N(CCOS(C)(=O)=O)CC(O)c1ccc([N+](=O)[O-])cc1. The zero-order valence-corrected chi connectivity index (χ0v) is 16.4. The quantitative estimate of drug-likeness (QED) is 0.394. The number of nitro groups is 1. The number of rotatable bonds is 8. The maximum absolute atomic E-state index is 12.3. The molecule has 1 N–H and O–H groups in total. The van der Waals surface area contributed by atoms with Gasteiger partial charge in [-0.3, -0.25) is 14.3 Å². The lowest BCUT2D eigenvalue weighted by Gasteiger charge is -2.28. The van der Waals surface area contributed by atoms with Crippen LogP contribution in [-0.4, -0.2) is 61.0 Å². The van der Waals surface area contributed by atoms with Crippen molar-refractivity contribution in [2.75, 3.05) is 26.0 Å². The number of nitrogens with zero attached hydrogens (tertiary/aromatic N) is 2. The van der Waals surface area contributed by atoms with E-state index in [0.29, 0.717) is 5.56 Å². The fourth-order valence-corrected chi connectivity index (χ4v) is 2.39. The highest BCUT2D eigenvalue weighted by atomic mass is 32.2. The van der Waals surface area contributed by atoms with Gasteiger partial charge in [0.1, 0.15) is 5.60 Å². The molecule has 0 radical (unpaired) electrons. The van der Waals surface area contributed by atoms with Crippen molar-refractivity contribution < 1.29 is 32.2 Å². The van der Waals surface area contributed by atoms with Gasteiger partial charge in [-0.15, -0.1) is 0 Å². The Labute approximate surface area is 158 Å². The van der Waals surface area contributed by atoms with E-state index in [1.165, 1.54) is 24.3 Å². The first-order valence-corrected chi connectivity index (χ1v) is 9.85.